The maximum atomic E-state index is 13.9. The Morgan fingerprint density at radius 1 is 0.933 bits per heavy atom. The van der Waals surface area contributed by atoms with Crippen molar-refractivity contribution < 1.29 is 24.0 Å². The Kier molecular flexibility index (Phi) is 7.18. The van der Waals surface area contributed by atoms with Crippen LogP contribution in [0.2, 0.25) is 0 Å². The molecule has 3 amide bonds. The number of hydrogen-bond donors (Lipinski definition) is 2. The Hall–Kier alpha value is -5.27. The minimum Gasteiger partial charge on any atom is -0.484 e. The molecule has 0 saturated carbocycles. The van der Waals surface area contributed by atoms with Gasteiger partial charge in [0.05, 0.1) is 21.6 Å². The van der Waals surface area contributed by atoms with E-state index in [1.807, 2.05) is 42.5 Å². The van der Waals surface area contributed by atoms with E-state index in [0.717, 1.165) is 38.8 Å². The Morgan fingerprint density at radius 2 is 1.67 bits per heavy atom. The number of benzene rings is 4. The number of thioether (sulfide) groups is 1. The molecular formula is C32H22N4O7S2. The number of imide groups is 1. The topological polar surface area (TPSA) is 152 Å². The number of thiazole rings is 1. The van der Waals surface area contributed by atoms with Crippen molar-refractivity contribution in [3.63, 3.8) is 0 Å². The number of fused-ring (bicyclic) bond motifs is 3. The van der Waals surface area contributed by atoms with Gasteiger partial charge in [-0.3, -0.25) is 29.3 Å². The molecule has 224 valence electrons. The molecule has 45 heavy (non-hydrogen) atoms. The molecule has 3 atom stereocenters. The number of nitro groups is 1. The number of nitro benzene ring substituents is 1. The van der Waals surface area contributed by atoms with Gasteiger partial charge >= 0.3 is 4.87 Å². The quantitative estimate of drug-likeness (QED) is 0.138. The van der Waals surface area contributed by atoms with E-state index < -0.39 is 33.8 Å². The predicted molar refractivity (Wildman–Crippen MR) is 170 cm³/mol. The first-order chi connectivity index (χ1) is 21.8. The van der Waals surface area contributed by atoms with Crippen LogP contribution >= 0.6 is 23.1 Å². The minimum absolute atomic E-state index is 0.157. The summed E-state index contributed by atoms with van der Waals surface area (Å²) in [7, 11) is 0. The van der Waals surface area contributed by atoms with E-state index in [4.69, 9.17) is 4.74 Å². The van der Waals surface area contributed by atoms with Gasteiger partial charge in [0.1, 0.15) is 11.0 Å². The van der Waals surface area contributed by atoms with E-state index in [-0.39, 0.29) is 28.8 Å². The summed E-state index contributed by atoms with van der Waals surface area (Å²) in [5.41, 5.74) is 1.46. The first-order valence-electron chi connectivity index (χ1n) is 13.8. The second kappa shape index (κ2) is 11.3. The fourth-order valence-corrected chi connectivity index (χ4v) is 8.31. The van der Waals surface area contributed by atoms with E-state index in [1.54, 1.807) is 24.3 Å². The third kappa shape index (κ3) is 5.15. The highest BCUT2D eigenvalue weighted by Crippen LogP contribution is 2.53. The largest absolute Gasteiger partial charge is 0.484 e. The number of hydrogen-bond acceptors (Lipinski definition) is 9. The average Bonchev–Trinajstić information content (AvgIpc) is 3.54. The van der Waals surface area contributed by atoms with Gasteiger partial charge in [0.15, 0.2) is 6.61 Å². The summed E-state index contributed by atoms with van der Waals surface area (Å²) >= 11 is 2.14. The first-order valence-corrected chi connectivity index (χ1v) is 15.5. The molecule has 0 bridgehead atoms. The zero-order chi connectivity index (χ0) is 31.2. The third-order valence-electron chi connectivity index (χ3n) is 7.82. The maximum absolute atomic E-state index is 13.9. The van der Waals surface area contributed by atoms with Gasteiger partial charge < -0.3 is 15.0 Å². The van der Waals surface area contributed by atoms with Crippen LogP contribution in [-0.2, 0) is 14.4 Å². The van der Waals surface area contributed by atoms with Gasteiger partial charge in [-0.15, -0.1) is 0 Å². The van der Waals surface area contributed by atoms with Gasteiger partial charge in [-0.2, -0.15) is 0 Å². The molecule has 3 heterocycles. The summed E-state index contributed by atoms with van der Waals surface area (Å²) in [6, 6.07) is 25.5. The predicted octanol–water partition coefficient (Wildman–Crippen LogP) is 5.31. The van der Waals surface area contributed by atoms with Crippen LogP contribution < -0.4 is 19.8 Å². The van der Waals surface area contributed by atoms with Crippen molar-refractivity contribution in [3.8, 4) is 5.75 Å². The second-order valence-corrected chi connectivity index (χ2v) is 12.6. The van der Waals surface area contributed by atoms with Gasteiger partial charge in [0.2, 0.25) is 11.8 Å². The van der Waals surface area contributed by atoms with Crippen LogP contribution in [0.4, 0.5) is 17.1 Å². The summed E-state index contributed by atoms with van der Waals surface area (Å²) < 4.78 is 5.75. The molecule has 1 saturated heterocycles. The van der Waals surface area contributed by atoms with Crippen molar-refractivity contribution in [1.82, 2.24) is 4.98 Å². The van der Waals surface area contributed by atoms with Crippen LogP contribution in [-0.4, -0.2) is 39.5 Å². The number of aromatic amines is 1. The number of non-ortho nitro benzene ring substituents is 1. The lowest BCUT2D eigenvalue weighted by molar-refractivity contribution is -0.384. The van der Waals surface area contributed by atoms with E-state index in [9.17, 15) is 29.3 Å². The number of carbonyl (C=O) groups excluding carboxylic acids is 3. The van der Waals surface area contributed by atoms with Crippen molar-refractivity contribution >= 4 is 68.7 Å². The van der Waals surface area contributed by atoms with Crippen LogP contribution in [0, 0.1) is 16.0 Å². The lowest BCUT2D eigenvalue weighted by atomic mass is 9.83. The van der Waals surface area contributed by atoms with E-state index in [0.29, 0.717) is 26.9 Å². The van der Waals surface area contributed by atoms with Crippen LogP contribution in [0.25, 0.3) is 10.8 Å². The molecule has 7 rings (SSSR count). The second-order valence-electron chi connectivity index (χ2n) is 10.5. The molecular weight excluding hydrogens is 617 g/mol. The number of amides is 3. The summed E-state index contributed by atoms with van der Waals surface area (Å²) in [5.74, 6) is -2.21. The number of aromatic nitrogens is 1. The summed E-state index contributed by atoms with van der Waals surface area (Å²) in [6.45, 7) is -0.228. The van der Waals surface area contributed by atoms with Crippen molar-refractivity contribution in [2.75, 3.05) is 16.8 Å². The van der Waals surface area contributed by atoms with Crippen molar-refractivity contribution in [2.24, 2.45) is 5.92 Å². The van der Waals surface area contributed by atoms with Crippen molar-refractivity contribution in [2.45, 2.75) is 16.2 Å². The molecule has 13 heteroatoms. The molecule has 0 radical (unpaired) electrons. The monoisotopic (exact) mass is 638 g/mol. The third-order valence-corrected chi connectivity index (χ3v) is 10.2. The molecule has 2 aliphatic rings. The number of rotatable bonds is 7. The highest BCUT2D eigenvalue weighted by Gasteiger charge is 2.56. The zero-order valence-corrected chi connectivity index (χ0v) is 24.8. The van der Waals surface area contributed by atoms with E-state index >= 15 is 0 Å². The minimum atomic E-state index is -0.810. The van der Waals surface area contributed by atoms with Gasteiger partial charge in [0.25, 0.3) is 11.6 Å². The molecule has 0 spiro atoms. The van der Waals surface area contributed by atoms with Crippen LogP contribution in [0.3, 0.4) is 0 Å². The summed E-state index contributed by atoms with van der Waals surface area (Å²) in [5, 5.41) is 15.6. The highest BCUT2D eigenvalue weighted by molar-refractivity contribution is 8.00. The number of carbonyl (C=O) groups is 3. The lowest BCUT2D eigenvalue weighted by Crippen LogP contribution is -2.32. The molecule has 4 aromatic carbocycles. The Bertz CT molecular complexity index is 2050. The van der Waals surface area contributed by atoms with Crippen LogP contribution in [0.5, 0.6) is 5.75 Å². The van der Waals surface area contributed by atoms with Crippen LogP contribution in [0.1, 0.15) is 16.4 Å². The van der Waals surface area contributed by atoms with Crippen molar-refractivity contribution in [3.05, 3.63) is 121 Å². The molecule has 11 nitrogen and oxygen atoms in total. The molecule has 1 fully saturated rings. The van der Waals surface area contributed by atoms with Gasteiger partial charge in [0, 0.05) is 34.0 Å². The molecule has 0 aliphatic carbocycles. The molecule has 2 aliphatic heterocycles. The van der Waals surface area contributed by atoms with E-state index in [2.05, 4.69) is 10.3 Å². The fraction of sp³-hybridized carbons (Fsp3) is 0.125. The number of ether oxygens (including phenoxy) is 1. The Labute approximate surface area is 263 Å². The van der Waals surface area contributed by atoms with Crippen LogP contribution in [0.15, 0.2) is 101 Å². The van der Waals surface area contributed by atoms with Gasteiger partial charge in [-0.05, 0) is 41.3 Å². The zero-order valence-electron chi connectivity index (χ0n) is 23.2. The smallest absolute Gasteiger partial charge is 0.305 e. The van der Waals surface area contributed by atoms with E-state index in [1.165, 1.54) is 24.3 Å². The maximum Gasteiger partial charge on any atom is 0.305 e. The number of anilines is 2. The van der Waals surface area contributed by atoms with Crippen molar-refractivity contribution in [1.29, 1.82) is 0 Å². The molecule has 0 unspecified atom stereocenters. The number of nitrogens with one attached hydrogen (secondary N) is 2. The normalized spacial score (nSPS) is 18.8. The fourth-order valence-electron chi connectivity index (χ4n) is 5.80. The number of H-pyrrole nitrogens is 1. The molecule has 2 N–H and O–H groups in total. The summed E-state index contributed by atoms with van der Waals surface area (Å²) in [4.78, 5) is 67.3. The SMILES string of the molecule is O=C(COc1ccc([C@@H]2c3sc(=O)[nH]c3S[C@H]3C(=O)N(c4ccc([N+](=O)[O-])cc4)C(=O)[C@@H]23)cc1)Nc1cccc2ccccc12. The Balaban J connectivity index is 1.11. The number of nitrogens with zero attached hydrogens (tertiary/aromatic N) is 2. The highest BCUT2D eigenvalue weighted by atomic mass is 32.2. The van der Waals surface area contributed by atoms with Gasteiger partial charge in [-0.1, -0.05) is 71.6 Å². The van der Waals surface area contributed by atoms with Gasteiger partial charge in [-0.25, -0.2) is 4.90 Å². The molecule has 5 aromatic rings. The average molecular weight is 639 g/mol. The lowest BCUT2D eigenvalue weighted by Gasteiger charge is -2.29. The first kappa shape index (κ1) is 28.5. The standard InChI is InChI=1S/C32H22N4O7S2/c37-24(33-23-7-3-5-17-4-1-2-6-22(17)23)16-43-21-14-8-18(9-15-21)25-26-28(44-29-27(25)45-32(40)34-29)31(39)35(30(26)38)19-10-12-20(13-11-19)36(41)42/h1-15,25-26,28H,16H2,(H,33,37)(H,34,40)/t25-,26-,28+/m0/s1. The molecule has 1 aromatic heterocycles. The Morgan fingerprint density at radius 3 is 2.42 bits per heavy atom. The summed E-state index contributed by atoms with van der Waals surface area (Å²) in [6.07, 6.45) is 0.